The van der Waals surface area contributed by atoms with Crippen LogP contribution in [0.4, 0.5) is 0 Å². The molecule has 1 aromatic rings. The van der Waals surface area contributed by atoms with Gasteiger partial charge in [-0.15, -0.1) is 11.6 Å². The van der Waals surface area contributed by atoms with Crippen molar-refractivity contribution < 1.29 is 14.3 Å². The largest absolute Gasteiger partial charge is 0.482 e. The third-order valence-corrected chi connectivity index (χ3v) is 2.10. The zero-order valence-corrected chi connectivity index (χ0v) is 10.4. The molecule has 0 aromatic heterocycles. The topological polar surface area (TPSA) is 35.5 Å². The number of esters is 1. The monoisotopic (exact) mass is 254 g/mol. The van der Waals surface area contributed by atoms with Crippen molar-refractivity contribution in [1.82, 2.24) is 0 Å². The van der Waals surface area contributed by atoms with Crippen molar-refractivity contribution in [2.75, 3.05) is 19.1 Å². The van der Waals surface area contributed by atoms with Crippen molar-refractivity contribution in [2.45, 2.75) is 6.92 Å². The minimum atomic E-state index is -0.366. The van der Waals surface area contributed by atoms with E-state index in [-0.39, 0.29) is 12.6 Å². The predicted molar refractivity (Wildman–Crippen MR) is 68.3 cm³/mol. The minimum Gasteiger partial charge on any atom is -0.482 e. The Labute approximate surface area is 106 Å². The van der Waals surface area contributed by atoms with Crippen LogP contribution in [0.15, 0.2) is 30.3 Å². The van der Waals surface area contributed by atoms with Crippen LogP contribution >= 0.6 is 11.6 Å². The Morgan fingerprint density at radius 1 is 1.47 bits per heavy atom. The zero-order valence-electron chi connectivity index (χ0n) is 9.69. The second-order valence-electron chi connectivity index (χ2n) is 3.22. The summed E-state index contributed by atoms with van der Waals surface area (Å²) < 4.78 is 10.1. The highest BCUT2D eigenvalue weighted by atomic mass is 35.5. The Morgan fingerprint density at radius 2 is 2.29 bits per heavy atom. The summed E-state index contributed by atoms with van der Waals surface area (Å²) in [5.41, 5.74) is 0.979. The summed E-state index contributed by atoms with van der Waals surface area (Å²) in [5.74, 6) is 0.734. The van der Waals surface area contributed by atoms with E-state index in [1.807, 2.05) is 30.4 Å². The zero-order chi connectivity index (χ0) is 12.5. The third-order valence-electron chi connectivity index (χ3n) is 1.92. The van der Waals surface area contributed by atoms with E-state index in [9.17, 15) is 4.79 Å². The van der Waals surface area contributed by atoms with E-state index in [1.54, 1.807) is 13.0 Å². The lowest BCUT2D eigenvalue weighted by Gasteiger charge is -2.06. The Morgan fingerprint density at radius 3 is 3.00 bits per heavy atom. The highest BCUT2D eigenvalue weighted by Crippen LogP contribution is 2.14. The van der Waals surface area contributed by atoms with Gasteiger partial charge in [0, 0.05) is 5.88 Å². The lowest BCUT2D eigenvalue weighted by molar-refractivity contribution is -0.145. The maximum absolute atomic E-state index is 11.1. The van der Waals surface area contributed by atoms with Gasteiger partial charge in [-0.05, 0) is 24.6 Å². The molecule has 1 rings (SSSR count). The molecule has 0 aliphatic carbocycles. The number of hydrogen-bond acceptors (Lipinski definition) is 3. The number of alkyl halides is 1. The van der Waals surface area contributed by atoms with E-state index in [1.165, 1.54) is 0 Å². The maximum Gasteiger partial charge on any atom is 0.344 e. The van der Waals surface area contributed by atoms with Gasteiger partial charge in [-0.2, -0.15) is 0 Å². The first-order valence-corrected chi connectivity index (χ1v) is 5.90. The van der Waals surface area contributed by atoms with Crippen LogP contribution in [0.25, 0.3) is 6.08 Å². The lowest BCUT2D eigenvalue weighted by Crippen LogP contribution is -2.14. The van der Waals surface area contributed by atoms with Crippen LogP contribution < -0.4 is 4.74 Å². The molecule has 0 fully saturated rings. The van der Waals surface area contributed by atoms with Crippen LogP contribution in [0.2, 0.25) is 0 Å². The molecule has 0 radical (unpaired) electrons. The molecule has 0 amide bonds. The molecule has 0 spiro atoms. The number of halogens is 1. The quantitative estimate of drug-likeness (QED) is 0.578. The Balaban J connectivity index is 2.53. The number of carbonyl (C=O) groups excluding carboxylic acids is 1. The summed E-state index contributed by atoms with van der Waals surface area (Å²) in [6.45, 7) is 2.05. The molecule has 4 heteroatoms. The number of carbonyl (C=O) groups is 1. The van der Waals surface area contributed by atoms with Crippen LogP contribution in [0, 0.1) is 0 Å². The van der Waals surface area contributed by atoms with Crippen LogP contribution in [0.3, 0.4) is 0 Å². The molecule has 0 atom stereocenters. The molecular formula is C13H15ClO3. The second-order valence-corrected chi connectivity index (χ2v) is 3.53. The SMILES string of the molecule is CCOC(=O)COc1cccc(C=CCCl)c1. The molecule has 1 aromatic carbocycles. The summed E-state index contributed by atoms with van der Waals surface area (Å²) in [6.07, 6.45) is 3.73. The van der Waals surface area contributed by atoms with Crippen molar-refractivity contribution >= 4 is 23.6 Å². The van der Waals surface area contributed by atoms with Crippen molar-refractivity contribution in [2.24, 2.45) is 0 Å². The van der Waals surface area contributed by atoms with Gasteiger partial charge in [0.25, 0.3) is 0 Å². The van der Waals surface area contributed by atoms with Crippen molar-refractivity contribution in [1.29, 1.82) is 0 Å². The molecule has 0 saturated carbocycles. The van der Waals surface area contributed by atoms with Crippen LogP contribution in [0.5, 0.6) is 5.75 Å². The summed E-state index contributed by atoms with van der Waals surface area (Å²) in [6, 6.07) is 7.41. The number of allylic oxidation sites excluding steroid dienone is 1. The maximum atomic E-state index is 11.1. The Hall–Kier alpha value is -1.48. The second kappa shape index (κ2) is 7.74. The fraction of sp³-hybridized carbons (Fsp3) is 0.308. The van der Waals surface area contributed by atoms with Crippen molar-refractivity contribution in [3.8, 4) is 5.75 Å². The first-order chi connectivity index (χ1) is 8.26. The summed E-state index contributed by atoms with van der Waals surface area (Å²) >= 11 is 5.55. The van der Waals surface area contributed by atoms with Gasteiger partial charge < -0.3 is 9.47 Å². The van der Waals surface area contributed by atoms with E-state index in [4.69, 9.17) is 21.1 Å². The molecule has 3 nitrogen and oxygen atoms in total. The Bertz CT molecular complexity index is 388. The van der Waals surface area contributed by atoms with Gasteiger partial charge in [-0.3, -0.25) is 0 Å². The van der Waals surface area contributed by atoms with E-state index in [2.05, 4.69) is 0 Å². The minimum absolute atomic E-state index is 0.0729. The van der Waals surface area contributed by atoms with Gasteiger partial charge in [0.05, 0.1) is 6.61 Å². The summed E-state index contributed by atoms with van der Waals surface area (Å²) in [7, 11) is 0. The molecule has 0 aliphatic heterocycles. The van der Waals surface area contributed by atoms with Crippen LogP contribution in [-0.2, 0) is 9.53 Å². The normalized spacial score (nSPS) is 10.5. The van der Waals surface area contributed by atoms with Gasteiger partial charge >= 0.3 is 5.97 Å². The fourth-order valence-corrected chi connectivity index (χ4v) is 1.32. The van der Waals surface area contributed by atoms with Crippen LogP contribution in [-0.4, -0.2) is 25.1 Å². The number of rotatable bonds is 6. The fourth-order valence-electron chi connectivity index (χ4n) is 1.23. The van der Waals surface area contributed by atoms with Crippen LogP contribution in [0.1, 0.15) is 12.5 Å². The molecule has 92 valence electrons. The average Bonchev–Trinajstić information content (AvgIpc) is 2.35. The first kappa shape index (κ1) is 13.6. The van der Waals surface area contributed by atoms with E-state index < -0.39 is 0 Å². The molecule has 17 heavy (non-hydrogen) atoms. The highest BCUT2D eigenvalue weighted by molar-refractivity contribution is 6.19. The number of hydrogen-bond donors (Lipinski definition) is 0. The van der Waals surface area contributed by atoms with Crippen molar-refractivity contribution in [3.63, 3.8) is 0 Å². The Kier molecular flexibility index (Phi) is 6.18. The summed E-state index contributed by atoms with van der Waals surface area (Å²) in [4.78, 5) is 11.1. The van der Waals surface area contributed by atoms with Gasteiger partial charge in [-0.25, -0.2) is 4.79 Å². The standard InChI is InChI=1S/C13H15ClO3/c1-2-16-13(15)10-17-12-7-3-5-11(9-12)6-4-8-14/h3-7,9H,2,8,10H2,1H3. The van der Waals surface area contributed by atoms with Gasteiger partial charge in [-0.1, -0.05) is 24.3 Å². The average molecular weight is 255 g/mol. The molecule has 0 bridgehead atoms. The first-order valence-electron chi connectivity index (χ1n) is 5.37. The molecule has 0 unspecified atom stereocenters. The van der Waals surface area contributed by atoms with E-state index in [0.29, 0.717) is 18.2 Å². The van der Waals surface area contributed by atoms with Gasteiger partial charge in [0.1, 0.15) is 5.75 Å². The van der Waals surface area contributed by atoms with Gasteiger partial charge in [0.15, 0.2) is 6.61 Å². The molecule has 0 aliphatic rings. The third kappa shape index (κ3) is 5.41. The van der Waals surface area contributed by atoms with Crippen molar-refractivity contribution in [3.05, 3.63) is 35.9 Å². The predicted octanol–water partition coefficient (Wildman–Crippen LogP) is 2.88. The molecular weight excluding hydrogens is 240 g/mol. The number of benzene rings is 1. The summed E-state index contributed by atoms with van der Waals surface area (Å²) in [5, 5.41) is 0. The lowest BCUT2D eigenvalue weighted by atomic mass is 10.2. The molecule has 0 saturated heterocycles. The molecule has 0 heterocycles. The smallest absolute Gasteiger partial charge is 0.344 e. The highest BCUT2D eigenvalue weighted by Gasteiger charge is 2.02. The van der Waals surface area contributed by atoms with Gasteiger partial charge in [0.2, 0.25) is 0 Å². The molecule has 0 N–H and O–H groups in total. The van der Waals surface area contributed by atoms with E-state index >= 15 is 0 Å². The van der Waals surface area contributed by atoms with E-state index in [0.717, 1.165) is 5.56 Å². The number of ether oxygens (including phenoxy) is 2.